The molecule has 7 nitrogen and oxygen atoms in total. The number of nitrogens with one attached hydrogen (secondary N) is 1. The summed E-state index contributed by atoms with van der Waals surface area (Å²) in [4.78, 5) is 37.1. The number of amides is 1. The smallest absolute Gasteiger partial charge is 0.408 e. The first-order valence-corrected chi connectivity index (χ1v) is 13.2. The van der Waals surface area contributed by atoms with Crippen LogP contribution in [0.3, 0.4) is 0 Å². The molecule has 3 aromatic rings. The zero-order valence-corrected chi connectivity index (χ0v) is 23.7. The molecule has 0 spiro atoms. The summed E-state index contributed by atoms with van der Waals surface area (Å²) in [5.74, 6) is -0.614. The highest BCUT2D eigenvalue weighted by molar-refractivity contribution is 5.86. The summed E-state index contributed by atoms with van der Waals surface area (Å²) in [7, 11) is 0. The molecule has 7 heteroatoms. The van der Waals surface area contributed by atoms with Gasteiger partial charge in [0.2, 0.25) is 0 Å². The largest absolute Gasteiger partial charge is 0.459 e. The van der Waals surface area contributed by atoms with Crippen molar-refractivity contribution < 1.29 is 23.9 Å². The summed E-state index contributed by atoms with van der Waals surface area (Å²) < 4.78 is 11.2. The van der Waals surface area contributed by atoms with E-state index in [2.05, 4.69) is 11.4 Å². The zero-order chi connectivity index (χ0) is 29.3. The van der Waals surface area contributed by atoms with Crippen molar-refractivity contribution in [2.24, 2.45) is 0 Å². The van der Waals surface area contributed by atoms with Crippen molar-refractivity contribution in [3.05, 3.63) is 94.5 Å². The molecule has 0 bridgehead atoms. The van der Waals surface area contributed by atoms with E-state index >= 15 is 0 Å². The Morgan fingerprint density at radius 2 is 1.68 bits per heavy atom. The van der Waals surface area contributed by atoms with Crippen LogP contribution in [0.2, 0.25) is 0 Å². The Morgan fingerprint density at radius 3 is 2.38 bits per heavy atom. The number of carbonyl (C=O) groups is 3. The van der Waals surface area contributed by atoms with E-state index in [0.717, 1.165) is 39.7 Å². The molecule has 208 valence electrons. The minimum absolute atomic E-state index is 0.0206. The predicted molar refractivity (Wildman–Crippen MR) is 153 cm³/mol. The van der Waals surface area contributed by atoms with Gasteiger partial charge in [0, 0.05) is 12.8 Å². The maximum absolute atomic E-state index is 13.6. The van der Waals surface area contributed by atoms with Crippen LogP contribution >= 0.6 is 0 Å². The average molecular weight is 541 g/mol. The van der Waals surface area contributed by atoms with Crippen LogP contribution in [0.4, 0.5) is 4.79 Å². The van der Waals surface area contributed by atoms with E-state index in [9.17, 15) is 19.6 Å². The minimum Gasteiger partial charge on any atom is -0.459 e. The summed E-state index contributed by atoms with van der Waals surface area (Å²) in [6.45, 7) is 8.78. The molecule has 0 saturated carbocycles. The fourth-order valence-electron chi connectivity index (χ4n) is 4.47. The minimum atomic E-state index is -1.42. The predicted octanol–water partition coefficient (Wildman–Crippen LogP) is 6.23. The lowest BCUT2D eigenvalue weighted by Crippen LogP contribution is -2.55. The highest BCUT2D eigenvalue weighted by Crippen LogP contribution is 2.26. The van der Waals surface area contributed by atoms with E-state index < -0.39 is 23.2 Å². The summed E-state index contributed by atoms with van der Waals surface area (Å²) in [6, 6.07) is 22.9. The number of ether oxygens (including phenoxy) is 2. The molecule has 0 aliphatic heterocycles. The number of aryl methyl sites for hydroxylation is 2. The van der Waals surface area contributed by atoms with Gasteiger partial charge in [-0.3, -0.25) is 0 Å². The standard InChI is InChI=1S/C33H36N2O5/c1-23-16-26(19-28(17-23)29-14-7-6-13-27(29)21-34)22-39-30(37)33(5,35-31(38)40-32(2,3)4)20-25-11-8-10-24(18-25)12-9-15-36/h6-8,10-11,13-19H,9,12,20,22H2,1-5H3,(H,35,38). The number of carbonyl (C=O) groups excluding carboxylic acids is 3. The Bertz CT molecular complexity index is 1420. The number of rotatable bonds is 10. The molecule has 0 heterocycles. The Hall–Kier alpha value is -4.44. The van der Waals surface area contributed by atoms with Crippen molar-refractivity contribution in [3.63, 3.8) is 0 Å². The molecular weight excluding hydrogens is 504 g/mol. The molecule has 1 N–H and O–H groups in total. The van der Waals surface area contributed by atoms with Gasteiger partial charge in [0.1, 0.15) is 24.0 Å². The van der Waals surface area contributed by atoms with Gasteiger partial charge in [-0.05, 0) is 81.0 Å². The number of benzene rings is 3. The van der Waals surface area contributed by atoms with Gasteiger partial charge in [0.05, 0.1) is 11.6 Å². The molecule has 0 aliphatic carbocycles. The Morgan fingerprint density at radius 1 is 0.950 bits per heavy atom. The van der Waals surface area contributed by atoms with Gasteiger partial charge in [-0.25, -0.2) is 9.59 Å². The first-order valence-electron chi connectivity index (χ1n) is 13.2. The molecule has 1 atom stereocenters. The highest BCUT2D eigenvalue weighted by atomic mass is 16.6. The van der Waals surface area contributed by atoms with Crippen LogP contribution in [0.15, 0.2) is 66.7 Å². The number of nitrogens with zero attached hydrogens (tertiary/aromatic N) is 1. The lowest BCUT2D eigenvalue weighted by molar-refractivity contribution is -0.152. The topological polar surface area (TPSA) is 105 Å². The van der Waals surface area contributed by atoms with Gasteiger partial charge in [-0.1, -0.05) is 60.2 Å². The fourth-order valence-corrected chi connectivity index (χ4v) is 4.47. The molecule has 0 fully saturated rings. The van der Waals surface area contributed by atoms with Crippen LogP contribution in [0, 0.1) is 18.3 Å². The Kier molecular flexibility index (Phi) is 9.84. The third kappa shape index (κ3) is 8.54. The van der Waals surface area contributed by atoms with Crippen LogP contribution in [0.1, 0.15) is 61.9 Å². The van der Waals surface area contributed by atoms with Crippen molar-refractivity contribution in [1.29, 1.82) is 5.26 Å². The van der Waals surface area contributed by atoms with Crippen molar-refractivity contribution in [3.8, 4) is 17.2 Å². The van der Waals surface area contributed by atoms with Crippen LogP contribution < -0.4 is 5.32 Å². The van der Waals surface area contributed by atoms with E-state index in [1.54, 1.807) is 33.8 Å². The maximum Gasteiger partial charge on any atom is 0.408 e. The van der Waals surface area contributed by atoms with E-state index in [4.69, 9.17) is 9.47 Å². The van der Waals surface area contributed by atoms with Crippen molar-refractivity contribution >= 4 is 18.3 Å². The monoisotopic (exact) mass is 540 g/mol. The second-order valence-electron chi connectivity index (χ2n) is 11.1. The van der Waals surface area contributed by atoms with E-state index in [1.807, 2.05) is 67.6 Å². The number of hydrogen-bond donors (Lipinski definition) is 1. The highest BCUT2D eigenvalue weighted by Gasteiger charge is 2.38. The third-order valence-electron chi connectivity index (χ3n) is 6.19. The maximum atomic E-state index is 13.6. The molecule has 0 aromatic heterocycles. The molecular formula is C33H36N2O5. The van der Waals surface area contributed by atoms with E-state index in [1.165, 1.54) is 0 Å². The number of nitriles is 1. The van der Waals surface area contributed by atoms with Crippen molar-refractivity contribution in [2.75, 3.05) is 0 Å². The number of esters is 1. The average Bonchev–Trinajstić information content (AvgIpc) is 2.89. The molecule has 0 aliphatic rings. The molecule has 3 rings (SSSR count). The van der Waals surface area contributed by atoms with E-state index in [0.29, 0.717) is 18.4 Å². The SMILES string of the molecule is Cc1cc(COC(=O)C(C)(Cc2cccc(CCC=O)c2)NC(=O)OC(C)(C)C)cc(-c2ccccc2C#N)c1. The summed E-state index contributed by atoms with van der Waals surface area (Å²) in [5.41, 5.74) is 3.52. The van der Waals surface area contributed by atoms with Gasteiger partial charge in [-0.2, -0.15) is 5.26 Å². The van der Waals surface area contributed by atoms with E-state index in [-0.39, 0.29) is 13.0 Å². The normalized spacial score (nSPS) is 12.5. The van der Waals surface area contributed by atoms with Crippen LogP contribution in [-0.4, -0.2) is 29.5 Å². The second kappa shape index (κ2) is 13.1. The molecule has 1 amide bonds. The lowest BCUT2D eigenvalue weighted by Gasteiger charge is -2.30. The second-order valence-corrected chi connectivity index (χ2v) is 11.1. The van der Waals surface area contributed by atoms with Gasteiger partial charge >= 0.3 is 12.1 Å². The molecule has 0 saturated heterocycles. The first kappa shape index (κ1) is 30.1. The van der Waals surface area contributed by atoms with Crippen molar-refractivity contribution in [1.82, 2.24) is 5.32 Å². The molecule has 1 unspecified atom stereocenters. The lowest BCUT2D eigenvalue weighted by atomic mass is 9.91. The molecule has 40 heavy (non-hydrogen) atoms. The third-order valence-corrected chi connectivity index (χ3v) is 6.19. The number of aldehydes is 1. The quantitative estimate of drug-likeness (QED) is 0.241. The summed E-state index contributed by atoms with van der Waals surface area (Å²) >= 11 is 0. The van der Waals surface area contributed by atoms with Gasteiger partial charge in [0.25, 0.3) is 0 Å². The molecule has 3 aromatic carbocycles. The van der Waals surface area contributed by atoms with Crippen molar-refractivity contribution in [2.45, 2.75) is 71.6 Å². The zero-order valence-electron chi connectivity index (χ0n) is 23.7. The Labute approximate surface area is 236 Å². The fraction of sp³-hybridized carbons (Fsp3) is 0.333. The Balaban J connectivity index is 1.85. The number of hydrogen-bond acceptors (Lipinski definition) is 6. The summed E-state index contributed by atoms with van der Waals surface area (Å²) in [5, 5.41) is 12.3. The van der Waals surface area contributed by atoms with Gasteiger partial charge < -0.3 is 19.6 Å². The molecule has 0 radical (unpaired) electrons. The van der Waals surface area contributed by atoms with Gasteiger partial charge in [0.15, 0.2) is 0 Å². The van der Waals surface area contributed by atoms with Crippen LogP contribution in [0.5, 0.6) is 0 Å². The number of alkyl carbamates (subject to hydrolysis) is 1. The summed E-state index contributed by atoms with van der Waals surface area (Å²) in [6.07, 6.45) is 1.29. The van der Waals surface area contributed by atoms with Gasteiger partial charge in [-0.15, -0.1) is 0 Å². The van der Waals surface area contributed by atoms with Crippen LogP contribution in [0.25, 0.3) is 11.1 Å². The first-order chi connectivity index (χ1) is 18.9. The van der Waals surface area contributed by atoms with Crippen LogP contribution in [-0.2, 0) is 38.5 Å².